The van der Waals surface area contributed by atoms with Crippen LogP contribution in [-0.2, 0) is 9.53 Å². The molecule has 3 aromatic heterocycles. The molecule has 2 fully saturated rings. The number of aromatic nitrogens is 3. The fraction of sp³-hybridized carbons (Fsp3) is 0.385. The average molecular weight is 553 g/mol. The third kappa shape index (κ3) is 5.63. The SMILES string of the molecule is COC(=O)NCC1CC(Nc2cc(-c3ccc4cc(C#N)cnn34)ncc2C(=O)NCC(=O)N2CC(F)(F)C2)C1. The Kier molecular flexibility index (Phi) is 7.20. The molecule has 3 N–H and O–H groups in total. The number of likely N-dealkylation sites (tertiary alicyclic amines) is 1. The molecule has 40 heavy (non-hydrogen) atoms. The Morgan fingerprint density at radius 1 is 1.18 bits per heavy atom. The van der Waals surface area contributed by atoms with Gasteiger partial charge in [0.15, 0.2) is 0 Å². The summed E-state index contributed by atoms with van der Waals surface area (Å²) >= 11 is 0. The molecule has 208 valence electrons. The van der Waals surface area contributed by atoms with Crippen LogP contribution in [0, 0.1) is 17.2 Å². The number of carbonyl (C=O) groups is 3. The first-order chi connectivity index (χ1) is 19.2. The van der Waals surface area contributed by atoms with Gasteiger partial charge in [0.1, 0.15) is 6.07 Å². The smallest absolute Gasteiger partial charge is 0.406 e. The zero-order chi connectivity index (χ0) is 28.4. The Morgan fingerprint density at radius 3 is 2.65 bits per heavy atom. The standard InChI is InChI=1S/C26H26F2N8O4/c1-40-25(39)32-9-15-4-17(5-15)34-20-7-21(22-3-2-18-6-16(8-29)10-33-36(18)22)30-11-19(20)24(38)31-12-23(37)35-13-26(27,28)14-35/h2-3,6-7,10-11,15,17H,4-5,9,12-14H2,1H3,(H,30,34)(H,31,38)(H,32,39). The quantitative estimate of drug-likeness (QED) is 0.384. The molecule has 0 aromatic carbocycles. The highest BCUT2D eigenvalue weighted by Crippen LogP contribution is 2.33. The van der Waals surface area contributed by atoms with Crippen molar-refractivity contribution in [1.29, 1.82) is 5.26 Å². The number of ether oxygens (including phenoxy) is 1. The molecule has 14 heteroatoms. The van der Waals surface area contributed by atoms with Gasteiger partial charge in [-0.1, -0.05) is 0 Å². The number of carbonyl (C=O) groups excluding carboxylic acids is 3. The van der Waals surface area contributed by atoms with Gasteiger partial charge in [-0.05, 0) is 43.0 Å². The van der Waals surface area contributed by atoms with Crippen molar-refractivity contribution >= 4 is 29.1 Å². The molecule has 3 amide bonds. The summed E-state index contributed by atoms with van der Waals surface area (Å²) < 4.78 is 32.4. The summed E-state index contributed by atoms with van der Waals surface area (Å²) in [6.07, 6.45) is 3.79. The van der Waals surface area contributed by atoms with Crippen molar-refractivity contribution < 1.29 is 27.9 Å². The van der Waals surface area contributed by atoms with Crippen LogP contribution in [0.15, 0.2) is 36.7 Å². The van der Waals surface area contributed by atoms with Gasteiger partial charge < -0.3 is 25.6 Å². The summed E-state index contributed by atoms with van der Waals surface area (Å²) in [6, 6.07) is 9.06. The van der Waals surface area contributed by atoms with Gasteiger partial charge in [0.25, 0.3) is 11.8 Å². The fourth-order valence-corrected chi connectivity index (χ4v) is 4.74. The first-order valence-electron chi connectivity index (χ1n) is 12.6. The van der Waals surface area contributed by atoms with E-state index in [0.29, 0.717) is 34.7 Å². The van der Waals surface area contributed by atoms with Crippen LogP contribution in [0.3, 0.4) is 0 Å². The van der Waals surface area contributed by atoms with E-state index in [1.54, 1.807) is 28.8 Å². The van der Waals surface area contributed by atoms with E-state index in [2.05, 4.69) is 36.8 Å². The van der Waals surface area contributed by atoms with Gasteiger partial charge >= 0.3 is 6.09 Å². The van der Waals surface area contributed by atoms with Gasteiger partial charge in [-0.25, -0.2) is 18.1 Å². The Morgan fingerprint density at radius 2 is 1.95 bits per heavy atom. The van der Waals surface area contributed by atoms with Gasteiger partial charge in [0, 0.05) is 18.8 Å². The van der Waals surface area contributed by atoms with E-state index in [1.807, 2.05) is 0 Å². The van der Waals surface area contributed by atoms with Crippen LogP contribution in [0.1, 0.15) is 28.8 Å². The van der Waals surface area contributed by atoms with Crippen LogP contribution in [-0.4, -0.2) is 82.7 Å². The van der Waals surface area contributed by atoms with Crippen LogP contribution in [0.25, 0.3) is 16.9 Å². The van der Waals surface area contributed by atoms with E-state index >= 15 is 0 Å². The monoisotopic (exact) mass is 552 g/mol. The van der Waals surface area contributed by atoms with E-state index in [0.717, 1.165) is 17.7 Å². The van der Waals surface area contributed by atoms with Crippen molar-refractivity contribution in [1.82, 2.24) is 30.1 Å². The van der Waals surface area contributed by atoms with E-state index in [-0.39, 0.29) is 17.5 Å². The number of amides is 3. The van der Waals surface area contributed by atoms with Crippen LogP contribution in [0.5, 0.6) is 0 Å². The molecule has 1 saturated carbocycles. The lowest BCUT2D eigenvalue weighted by Crippen LogP contribution is -2.60. The molecule has 4 heterocycles. The number of halogens is 2. The van der Waals surface area contributed by atoms with Crippen molar-refractivity contribution in [3.05, 3.63) is 47.8 Å². The molecule has 0 atom stereocenters. The lowest BCUT2D eigenvalue weighted by Gasteiger charge is -2.38. The van der Waals surface area contributed by atoms with Crippen LogP contribution in [0.4, 0.5) is 19.3 Å². The van der Waals surface area contributed by atoms with Crippen LogP contribution < -0.4 is 16.0 Å². The molecule has 1 aliphatic heterocycles. The maximum atomic E-state index is 13.1. The minimum Gasteiger partial charge on any atom is -0.453 e. The second kappa shape index (κ2) is 10.8. The number of alkyl carbamates (subject to hydrolysis) is 1. The van der Waals surface area contributed by atoms with Crippen molar-refractivity contribution in [2.45, 2.75) is 24.8 Å². The highest BCUT2D eigenvalue weighted by molar-refractivity contribution is 6.01. The minimum absolute atomic E-state index is 0.0107. The summed E-state index contributed by atoms with van der Waals surface area (Å²) in [5, 5.41) is 22.0. The van der Waals surface area contributed by atoms with Crippen molar-refractivity contribution in [3.63, 3.8) is 0 Å². The number of pyridine rings is 1. The molecular formula is C26H26F2N8O4. The summed E-state index contributed by atoms with van der Waals surface area (Å²) in [5.74, 6) is -3.84. The molecular weight excluding hydrogens is 526 g/mol. The molecule has 0 unspecified atom stereocenters. The van der Waals surface area contributed by atoms with Crippen molar-refractivity contribution in [2.24, 2.45) is 5.92 Å². The molecule has 5 rings (SSSR count). The number of nitrogens with one attached hydrogen (secondary N) is 3. The molecule has 2 aliphatic rings. The number of rotatable bonds is 8. The normalized spacial score (nSPS) is 19.1. The number of anilines is 1. The lowest BCUT2D eigenvalue weighted by atomic mass is 9.80. The molecule has 3 aromatic rings. The van der Waals surface area contributed by atoms with E-state index < -0.39 is 43.5 Å². The molecule has 0 bridgehead atoms. The Hall–Kier alpha value is -4.80. The Balaban J connectivity index is 1.33. The fourth-order valence-electron chi connectivity index (χ4n) is 4.74. The number of hydrogen-bond donors (Lipinski definition) is 3. The lowest BCUT2D eigenvalue weighted by molar-refractivity contribution is -0.164. The van der Waals surface area contributed by atoms with E-state index in [9.17, 15) is 23.2 Å². The molecule has 0 radical (unpaired) electrons. The van der Waals surface area contributed by atoms with Gasteiger partial charge in [0.05, 0.1) is 66.7 Å². The van der Waals surface area contributed by atoms with Crippen molar-refractivity contribution in [2.75, 3.05) is 38.6 Å². The third-order valence-electron chi connectivity index (χ3n) is 6.95. The summed E-state index contributed by atoms with van der Waals surface area (Å²) in [6.45, 7) is -1.28. The van der Waals surface area contributed by atoms with Crippen LogP contribution >= 0.6 is 0 Å². The molecule has 1 aliphatic carbocycles. The largest absolute Gasteiger partial charge is 0.453 e. The van der Waals surface area contributed by atoms with Gasteiger partial charge in [0.2, 0.25) is 5.91 Å². The zero-order valence-corrected chi connectivity index (χ0v) is 21.5. The van der Waals surface area contributed by atoms with Gasteiger partial charge in [-0.2, -0.15) is 10.4 Å². The highest BCUT2D eigenvalue weighted by Gasteiger charge is 2.46. The summed E-state index contributed by atoms with van der Waals surface area (Å²) in [5.41, 5.74) is 2.91. The maximum absolute atomic E-state index is 13.1. The second-order valence-corrected chi connectivity index (χ2v) is 9.87. The topological polar surface area (TPSA) is 154 Å². The van der Waals surface area contributed by atoms with Gasteiger partial charge in [-0.3, -0.25) is 14.6 Å². The Labute approximate surface area is 227 Å². The summed E-state index contributed by atoms with van der Waals surface area (Å²) in [4.78, 5) is 42.0. The van der Waals surface area contributed by atoms with Gasteiger partial charge in [-0.15, -0.1) is 0 Å². The zero-order valence-electron chi connectivity index (χ0n) is 21.5. The number of alkyl halides is 2. The predicted octanol–water partition coefficient (Wildman–Crippen LogP) is 2.02. The van der Waals surface area contributed by atoms with Crippen LogP contribution in [0.2, 0.25) is 0 Å². The first-order valence-corrected chi connectivity index (χ1v) is 12.6. The van der Waals surface area contributed by atoms with E-state index in [4.69, 9.17) is 5.26 Å². The number of nitrogens with zero attached hydrogens (tertiary/aromatic N) is 5. The number of fused-ring (bicyclic) bond motifs is 1. The number of nitriles is 1. The maximum Gasteiger partial charge on any atom is 0.406 e. The highest BCUT2D eigenvalue weighted by atomic mass is 19.3. The number of methoxy groups -OCH3 is 1. The molecule has 1 saturated heterocycles. The predicted molar refractivity (Wildman–Crippen MR) is 138 cm³/mol. The van der Waals surface area contributed by atoms with E-state index in [1.165, 1.54) is 19.5 Å². The van der Waals surface area contributed by atoms with Crippen molar-refractivity contribution in [3.8, 4) is 17.5 Å². The first kappa shape index (κ1) is 26.8. The minimum atomic E-state index is -2.89. The third-order valence-corrected chi connectivity index (χ3v) is 6.95. The summed E-state index contributed by atoms with van der Waals surface area (Å²) in [7, 11) is 1.30. The second-order valence-electron chi connectivity index (χ2n) is 9.87. The Bertz CT molecular complexity index is 1500. The molecule has 12 nitrogen and oxygen atoms in total. The number of hydrogen-bond acceptors (Lipinski definition) is 8. The average Bonchev–Trinajstić information content (AvgIpc) is 3.34. The molecule has 0 spiro atoms.